The van der Waals surface area contributed by atoms with E-state index < -0.39 is 0 Å². The molecule has 0 unspecified atom stereocenters. The number of aromatic nitrogens is 2. The second kappa shape index (κ2) is 9.74. The molecule has 0 atom stereocenters. The molecule has 29 heavy (non-hydrogen) atoms. The molecule has 3 rings (SSSR count). The van der Waals surface area contributed by atoms with Crippen LogP contribution in [0.5, 0.6) is 0 Å². The van der Waals surface area contributed by atoms with Crippen LogP contribution in [-0.2, 0) is 4.79 Å². The Morgan fingerprint density at radius 3 is 2.52 bits per heavy atom. The number of para-hydroxylation sites is 2. The molecule has 152 valence electrons. The fraction of sp³-hybridized carbons (Fsp3) is 0.348. The van der Waals surface area contributed by atoms with Gasteiger partial charge in [0.25, 0.3) is 5.56 Å². The van der Waals surface area contributed by atoms with Crippen LogP contribution in [0.15, 0.2) is 52.4 Å². The summed E-state index contributed by atoms with van der Waals surface area (Å²) < 4.78 is 1.65. The summed E-state index contributed by atoms with van der Waals surface area (Å²) in [5.74, 6) is 0.184. The van der Waals surface area contributed by atoms with E-state index in [9.17, 15) is 9.59 Å². The van der Waals surface area contributed by atoms with Gasteiger partial charge in [0.15, 0.2) is 5.16 Å². The Morgan fingerprint density at radius 1 is 1.07 bits per heavy atom. The summed E-state index contributed by atoms with van der Waals surface area (Å²) in [5.41, 5.74) is 3.36. The lowest BCUT2D eigenvalue weighted by molar-refractivity contribution is -0.118. The summed E-state index contributed by atoms with van der Waals surface area (Å²) in [7, 11) is 0. The minimum atomic E-state index is -0.112. The number of hydrogen-bond donors (Lipinski definition) is 1. The average Bonchev–Trinajstić information content (AvgIpc) is 2.71. The molecule has 0 radical (unpaired) electrons. The van der Waals surface area contributed by atoms with Crippen molar-refractivity contribution in [3.8, 4) is 5.69 Å². The monoisotopic (exact) mass is 409 g/mol. The normalized spacial score (nSPS) is 11.0. The Hall–Kier alpha value is -2.60. The van der Waals surface area contributed by atoms with Gasteiger partial charge in [0, 0.05) is 6.54 Å². The number of carbonyl (C=O) groups is 1. The van der Waals surface area contributed by atoms with Gasteiger partial charge in [-0.3, -0.25) is 14.2 Å². The Morgan fingerprint density at radius 2 is 1.79 bits per heavy atom. The topological polar surface area (TPSA) is 64.0 Å². The number of nitrogens with one attached hydrogen (secondary N) is 1. The van der Waals surface area contributed by atoms with Crippen LogP contribution in [-0.4, -0.2) is 27.8 Å². The Bertz CT molecular complexity index is 1060. The molecule has 3 aromatic rings. The van der Waals surface area contributed by atoms with Gasteiger partial charge in [-0.05, 0) is 43.5 Å². The van der Waals surface area contributed by atoms with Gasteiger partial charge < -0.3 is 5.32 Å². The van der Waals surface area contributed by atoms with Gasteiger partial charge in [0.2, 0.25) is 5.91 Å². The zero-order chi connectivity index (χ0) is 20.8. The molecule has 0 fully saturated rings. The summed E-state index contributed by atoms with van der Waals surface area (Å²) in [6.07, 6.45) is 3.20. The van der Waals surface area contributed by atoms with Crippen molar-refractivity contribution in [2.75, 3.05) is 12.3 Å². The molecule has 1 heterocycles. The number of aryl methyl sites for hydroxylation is 2. The molecule has 6 heteroatoms. The number of amides is 1. The van der Waals surface area contributed by atoms with Gasteiger partial charge >= 0.3 is 0 Å². The van der Waals surface area contributed by atoms with Crippen molar-refractivity contribution >= 4 is 28.6 Å². The molecule has 5 nitrogen and oxygen atoms in total. The second-order valence-corrected chi connectivity index (χ2v) is 8.08. The van der Waals surface area contributed by atoms with Gasteiger partial charge in [-0.2, -0.15) is 0 Å². The molecule has 0 saturated carbocycles. The Balaban J connectivity index is 1.98. The lowest BCUT2D eigenvalue weighted by Crippen LogP contribution is -2.27. The first-order chi connectivity index (χ1) is 14.0. The number of thioether (sulfide) groups is 1. The van der Waals surface area contributed by atoms with E-state index in [-0.39, 0.29) is 17.2 Å². The van der Waals surface area contributed by atoms with E-state index in [4.69, 9.17) is 4.98 Å². The van der Waals surface area contributed by atoms with Crippen molar-refractivity contribution < 1.29 is 4.79 Å². The van der Waals surface area contributed by atoms with Crippen LogP contribution in [0.25, 0.3) is 16.6 Å². The molecule has 0 aliphatic heterocycles. The fourth-order valence-corrected chi connectivity index (χ4v) is 4.18. The Kier molecular flexibility index (Phi) is 7.09. The molecule has 2 aromatic carbocycles. The molecule has 0 saturated heterocycles. The highest BCUT2D eigenvalue weighted by Crippen LogP contribution is 2.25. The van der Waals surface area contributed by atoms with Crippen molar-refractivity contribution in [3.63, 3.8) is 0 Å². The zero-order valence-corrected chi connectivity index (χ0v) is 18.0. The predicted octanol–water partition coefficient (Wildman–Crippen LogP) is 4.40. The average molecular weight is 410 g/mol. The third-order valence-corrected chi connectivity index (χ3v) is 5.78. The smallest absolute Gasteiger partial charge is 0.266 e. The molecular formula is C23H27N3O2S. The molecule has 0 aliphatic carbocycles. The largest absolute Gasteiger partial charge is 0.355 e. The number of unbranched alkanes of at least 4 members (excludes halogenated alkanes) is 2. The highest BCUT2D eigenvalue weighted by molar-refractivity contribution is 7.99. The van der Waals surface area contributed by atoms with Gasteiger partial charge in [-0.1, -0.05) is 61.9 Å². The van der Waals surface area contributed by atoms with Crippen LogP contribution in [0.2, 0.25) is 0 Å². The maximum absolute atomic E-state index is 13.4. The first-order valence-electron chi connectivity index (χ1n) is 10.0. The number of hydrogen-bond acceptors (Lipinski definition) is 4. The number of fused-ring (bicyclic) bond motifs is 1. The van der Waals surface area contributed by atoms with Gasteiger partial charge in [-0.25, -0.2) is 4.98 Å². The van der Waals surface area contributed by atoms with Crippen molar-refractivity contribution in [2.45, 2.75) is 45.2 Å². The van der Waals surface area contributed by atoms with Crippen LogP contribution < -0.4 is 10.9 Å². The highest BCUT2D eigenvalue weighted by Gasteiger charge is 2.17. The van der Waals surface area contributed by atoms with E-state index in [1.807, 2.05) is 50.2 Å². The van der Waals surface area contributed by atoms with E-state index in [1.54, 1.807) is 10.6 Å². The summed E-state index contributed by atoms with van der Waals surface area (Å²) in [5, 5.41) is 4.06. The molecule has 0 aliphatic rings. The van der Waals surface area contributed by atoms with E-state index in [0.29, 0.717) is 22.6 Å². The number of rotatable bonds is 8. The zero-order valence-electron chi connectivity index (χ0n) is 17.2. The maximum Gasteiger partial charge on any atom is 0.266 e. The van der Waals surface area contributed by atoms with Crippen LogP contribution in [0.3, 0.4) is 0 Å². The first-order valence-corrected chi connectivity index (χ1v) is 11.0. The third-order valence-electron chi connectivity index (χ3n) is 4.84. The van der Waals surface area contributed by atoms with Gasteiger partial charge in [-0.15, -0.1) is 0 Å². The molecule has 1 N–H and O–H groups in total. The minimum absolute atomic E-state index is 0.0402. The highest BCUT2D eigenvalue weighted by atomic mass is 32.2. The van der Waals surface area contributed by atoms with Gasteiger partial charge in [0.05, 0.1) is 22.3 Å². The lowest BCUT2D eigenvalue weighted by atomic mass is 10.1. The molecular weight excluding hydrogens is 382 g/mol. The third kappa shape index (κ3) is 4.88. The summed E-state index contributed by atoms with van der Waals surface area (Å²) in [6.45, 7) is 6.79. The van der Waals surface area contributed by atoms with Crippen molar-refractivity contribution in [1.29, 1.82) is 0 Å². The fourth-order valence-electron chi connectivity index (χ4n) is 3.35. The quantitative estimate of drug-likeness (QED) is 0.340. The van der Waals surface area contributed by atoms with Crippen molar-refractivity contribution in [2.24, 2.45) is 0 Å². The SMILES string of the molecule is CCCCCNC(=O)CSc1nc2ccccc2c(=O)n1-c1c(C)cccc1C. The predicted molar refractivity (Wildman–Crippen MR) is 120 cm³/mol. The lowest BCUT2D eigenvalue weighted by Gasteiger charge is -2.17. The van der Waals surface area contributed by atoms with Crippen molar-refractivity contribution in [3.05, 3.63) is 63.9 Å². The molecule has 1 aromatic heterocycles. The number of carbonyl (C=O) groups excluding carboxylic acids is 1. The number of nitrogens with zero attached hydrogens (tertiary/aromatic N) is 2. The van der Waals surface area contributed by atoms with Crippen LogP contribution in [0.1, 0.15) is 37.3 Å². The van der Waals surface area contributed by atoms with E-state index in [0.717, 1.165) is 36.1 Å². The van der Waals surface area contributed by atoms with Gasteiger partial charge in [0.1, 0.15) is 0 Å². The summed E-state index contributed by atoms with van der Waals surface area (Å²) >= 11 is 1.30. The van der Waals surface area contributed by atoms with E-state index >= 15 is 0 Å². The van der Waals surface area contributed by atoms with Crippen LogP contribution in [0.4, 0.5) is 0 Å². The molecule has 0 spiro atoms. The number of benzene rings is 2. The minimum Gasteiger partial charge on any atom is -0.355 e. The standard InChI is InChI=1S/C23H27N3O2S/c1-4-5-8-14-24-20(27)15-29-23-25-19-13-7-6-12-18(19)22(28)26(23)21-16(2)10-9-11-17(21)3/h6-7,9-13H,4-5,8,14-15H2,1-3H3,(H,24,27). The van der Waals surface area contributed by atoms with Crippen LogP contribution >= 0.6 is 11.8 Å². The maximum atomic E-state index is 13.4. The van der Waals surface area contributed by atoms with Crippen molar-refractivity contribution in [1.82, 2.24) is 14.9 Å². The summed E-state index contributed by atoms with van der Waals surface area (Å²) in [6, 6.07) is 13.3. The first kappa shape index (κ1) is 21.1. The van der Waals surface area contributed by atoms with E-state index in [2.05, 4.69) is 12.2 Å². The molecule has 0 bridgehead atoms. The molecule has 1 amide bonds. The van der Waals surface area contributed by atoms with E-state index in [1.165, 1.54) is 11.8 Å². The summed E-state index contributed by atoms with van der Waals surface area (Å²) in [4.78, 5) is 30.3. The Labute approximate surface area is 175 Å². The van der Waals surface area contributed by atoms with Crippen LogP contribution in [0, 0.1) is 13.8 Å². The second-order valence-electron chi connectivity index (χ2n) is 7.14.